The minimum Gasteiger partial charge on any atom is -0.422 e. The molecule has 3 rings (SSSR count). The van der Waals surface area contributed by atoms with E-state index >= 15 is 0 Å². The van der Waals surface area contributed by atoms with Crippen molar-refractivity contribution in [3.63, 3.8) is 0 Å². The van der Waals surface area contributed by atoms with Gasteiger partial charge >= 0.3 is 5.97 Å². The van der Waals surface area contributed by atoms with Gasteiger partial charge in [0.05, 0.1) is 11.1 Å². The normalized spacial score (nSPS) is 10.7. The number of ether oxygens (including phenoxy) is 1. The third kappa shape index (κ3) is 9.13. The van der Waals surface area contributed by atoms with Gasteiger partial charge in [0.25, 0.3) is 0 Å². The fourth-order valence-electron chi connectivity index (χ4n) is 4.32. The van der Waals surface area contributed by atoms with Crippen molar-refractivity contribution in [1.29, 1.82) is 5.26 Å². The van der Waals surface area contributed by atoms with Gasteiger partial charge in [-0.1, -0.05) is 83.4 Å². The summed E-state index contributed by atoms with van der Waals surface area (Å²) in [6, 6.07) is 14.7. The molecule has 3 aromatic rings. The molecule has 37 heavy (non-hydrogen) atoms. The molecular formula is C32H39N3O2. The number of hydrogen-bond acceptors (Lipinski definition) is 5. The zero-order valence-electron chi connectivity index (χ0n) is 22.3. The van der Waals surface area contributed by atoms with Crippen LogP contribution in [0, 0.1) is 11.3 Å². The molecule has 0 saturated heterocycles. The van der Waals surface area contributed by atoms with Crippen LogP contribution in [0.25, 0.3) is 11.4 Å². The topological polar surface area (TPSA) is 75.9 Å². The number of carbonyl (C=O) groups is 1. The summed E-state index contributed by atoms with van der Waals surface area (Å²) in [4.78, 5) is 21.7. The molecule has 5 heteroatoms. The Hall–Kier alpha value is -3.52. The van der Waals surface area contributed by atoms with Gasteiger partial charge in [-0.05, 0) is 61.1 Å². The quantitative estimate of drug-likeness (QED) is 0.120. The van der Waals surface area contributed by atoms with Gasteiger partial charge in [-0.15, -0.1) is 0 Å². The van der Waals surface area contributed by atoms with Crippen LogP contribution < -0.4 is 4.74 Å². The van der Waals surface area contributed by atoms with Crippen LogP contribution in [0.15, 0.2) is 54.9 Å². The second-order valence-electron chi connectivity index (χ2n) is 9.65. The Morgan fingerprint density at radius 1 is 0.784 bits per heavy atom. The lowest BCUT2D eigenvalue weighted by Crippen LogP contribution is -2.09. The van der Waals surface area contributed by atoms with E-state index in [-0.39, 0.29) is 0 Å². The molecule has 0 fully saturated rings. The fourth-order valence-corrected chi connectivity index (χ4v) is 4.32. The van der Waals surface area contributed by atoms with Gasteiger partial charge in [-0.3, -0.25) is 0 Å². The molecule has 0 spiro atoms. The molecule has 0 N–H and O–H groups in total. The van der Waals surface area contributed by atoms with Crippen LogP contribution in [0.1, 0.15) is 105 Å². The summed E-state index contributed by atoms with van der Waals surface area (Å²) < 4.78 is 5.57. The Morgan fingerprint density at radius 2 is 1.38 bits per heavy atom. The molecule has 0 aliphatic rings. The van der Waals surface area contributed by atoms with Gasteiger partial charge < -0.3 is 4.74 Å². The Morgan fingerprint density at radius 3 is 2.05 bits per heavy atom. The number of hydrogen-bond donors (Lipinski definition) is 0. The number of aryl methyl sites for hydroxylation is 2. The second-order valence-corrected chi connectivity index (χ2v) is 9.65. The van der Waals surface area contributed by atoms with Crippen molar-refractivity contribution < 1.29 is 9.53 Å². The summed E-state index contributed by atoms with van der Waals surface area (Å²) in [6.45, 7) is 4.42. The zero-order valence-corrected chi connectivity index (χ0v) is 22.3. The molecule has 2 aromatic carbocycles. The largest absolute Gasteiger partial charge is 0.422 e. The molecule has 0 radical (unpaired) electrons. The van der Waals surface area contributed by atoms with E-state index in [0.29, 0.717) is 22.7 Å². The lowest BCUT2D eigenvalue weighted by Gasteiger charge is -2.09. The monoisotopic (exact) mass is 497 g/mol. The van der Waals surface area contributed by atoms with E-state index in [2.05, 4.69) is 29.9 Å². The lowest BCUT2D eigenvalue weighted by atomic mass is 10.0. The first-order valence-corrected chi connectivity index (χ1v) is 13.8. The van der Waals surface area contributed by atoms with Crippen LogP contribution in [-0.2, 0) is 12.8 Å². The first-order chi connectivity index (χ1) is 18.1. The summed E-state index contributed by atoms with van der Waals surface area (Å²) in [6.07, 6.45) is 18.0. The number of esters is 1. The van der Waals surface area contributed by atoms with Crippen molar-refractivity contribution in [3.05, 3.63) is 77.1 Å². The summed E-state index contributed by atoms with van der Waals surface area (Å²) in [5.74, 6) is 0.430. The second kappa shape index (κ2) is 15.6. The van der Waals surface area contributed by atoms with Gasteiger partial charge in [0.1, 0.15) is 11.8 Å². The van der Waals surface area contributed by atoms with Crippen molar-refractivity contribution in [1.82, 2.24) is 9.97 Å². The molecule has 1 aromatic heterocycles. The predicted octanol–water partition coefficient (Wildman–Crippen LogP) is 8.26. The average Bonchev–Trinajstić information content (AvgIpc) is 2.94. The van der Waals surface area contributed by atoms with E-state index in [0.717, 1.165) is 42.4 Å². The molecule has 0 aliphatic carbocycles. The maximum absolute atomic E-state index is 12.7. The highest BCUT2D eigenvalue weighted by atomic mass is 16.5. The highest BCUT2D eigenvalue weighted by Gasteiger charge is 2.13. The fraction of sp³-hybridized carbons (Fsp3) is 0.438. The van der Waals surface area contributed by atoms with Crippen molar-refractivity contribution in [3.8, 4) is 23.2 Å². The van der Waals surface area contributed by atoms with Gasteiger partial charge in [-0.25, -0.2) is 14.8 Å². The van der Waals surface area contributed by atoms with Crippen LogP contribution in [0.2, 0.25) is 0 Å². The number of aromatic nitrogens is 2. The van der Waals surface area contributed by atoms with Crippen molar-refractivity contribution in [2.24, 2.45) is 0 Å². The van der Waals surface area contributed by atoms with E-state index < -0.39 is 5.97 Å². The highest BCUT2D eigenvalue weighted by Crippen LogP contribution is 2.23. The Labute approximate surface area is 221 Å². The number of unbranched alkanes of at least 4 members (excludes halogenated alkanes) is 8. The van der Waals surface area contributed by atoms with Gasteiger partial charge in [0.2, 0.25) is 0 Å². The summed E-state index contributed by atoms with van der Waals surface area (Å²) in [7, 11) is 0. The number of benzene rings is 2. The molecule has 0 aliphatic heterocycles. The van der Waals surface area contributed by atoms with E-state index in [1.165, 1.54) is 51.4 Å². The van der Waals surface area contributed by atoms with E-state index in [1.807, 2.05) is 36.7 Å². The summed E-state index contributed by atoms with van der Waals surface area (Å²) in [5, 5.41) is 9.61. The molecule has 0 bridgehead atoms. The molecule has 0 atom stereocenters. The maximum Gasteiger partial charge on any atom is 0.343 e. The Kier molecular flexibility index (Phi) is 11.8. The molecule has 1 heterocycles. The average molecular weight is 498 g/mol. The molecule has 194 valence electrons. The smallest absolute Gasteiger partial charge is 0.343 e. The minimum absolute atomic E-state index is 0.293. The van der Waals surface area contributed by atoms with Crippen molar-refractivity contribution in [2.75, 3.05) is 0 Å². The van der Waals surface area contributed by atoms with E-state index in [1.54, 1.807) is 18.2 Å². The lowest BCUT2D eigenvalue weighted by molar-refractivity contribution is 0.0734. The highest BCUT2D eigenvalue weighted by molar-refractivity contribution is 5.91. The predicted molar refractivity (Wildman–Crippen MR) is 149 cm³/mol. The third-order valence-corrected chi connectivity index (χ3v) is 6.59. The first kappa shape index (κ1) is 28.1. The SMILES string of the molecule is CCCCCCCCCc1ccc(OC(=O)c2ccc(-c3ncc(CCCCC)cn3)cc2)c(C#N)c1. The molecule has 0 unspecified atom stereocenters. The Balaban J connectivity index is 1.54. The first-order valence-electron chi connectivity index (χ1n) is 13.8. The van der Waals surface area contributed by atoms with Crippen molar-refractivity contribution in [2.45, 2.75) is 90.9 Å². The molecular weight excluding hydrogens is 458 g/mol. The van der Waals surface area contributed by atoms with Gasteiger partial charge in [0.15, 0.2) is 5.82 Å². The van der Waals surface area contributed by atoms with Gasteiger partial charge in [0, 0.05) is 18.0 Å². The molecule has 5 nitrogen and oxygen atoms in total. The van der Waals surface area contributed by atoms with Crippen LogP contribution in [0.3, 0.4) is 0 Å². The van der Waals surface area contributed by atoms with Gasteiger partial charge in [-0.2, -0.15) is 5.26 Å². The summed E-state index contributed by atoms with van der Waals surface area (Å²) in [5.41, 5.74) is 3.88. The van der Waals surface area contributed by atoms with Crippen LogP contribution >= 0.6 is 0 Å². The van der Waals surface area contributed by atoms with Crippen LogP contribution in [0.5, 0.6) is 5.75 Å². The third-order valence-electron chi connectivity index (χ3n) is 6.59. The molecule has 0 saturated carbocycles. The number of nitriles is 1. The van der Waals surface area contributed by atoms with E-state index in [4.69, 9.17) is 4.74 Å². The summed E-state index contributed by atoms with van der Waals surface area (Å²) >= 11 is 0. The molecule has 0 amide bonds. The number of nitrogens with zero attached hydrogens (tertiary/aromatic N) is 3. The number of rotatable bonds is 15. The van der Waals surface area contributed by atoms with E-state index in [9.17, 15) is 10.1 Å². The minimum atomic E-state index is -0.491. The zero-order chi connectivity index (χ0) is 26.3. The van der Waals surface area contributed by atoms with Crippen LogP contribution in [0.4, 0.5) is 0 Å². The number of carbonyl (C=O) groups excluding carboxylic acids is 1. The standard InChI is InChI=1S/C32H39N3O2/c1-3-5-7-8-9-10-12-13-25-15-20-30(29(21-25)22-33)37-32(36)28-18-16-27(17-19-28)31-34-23-26(24-35-31)14-11-6-4-2/h15-21,23-24H,3-14H2,1-2H3. The van der Waals surface area contributed by atoms with Crippen molar-refractivity contribution >= 4 is 5.97 Å². The Bertz CT molecular complexity index is 1150. The maximum atomic E-state index is 12.7. The van der Waals surface area contributed by atoms with Crippen LogP contribution in [-0.4, -0.2) is 15.9 Å².